The number of fused-ring (bicyclic) bond motifs is 8. The Balaban J connectivity index is 1.68. The maximum atomic E-state index is 13.1. The van der Waals surface area contributed by atoms with Crippen molar-refractivity contribution in [1.29, 1.82) is 0 Å². The van der Waals surface area contributed by atoms with E-state index in [4.69, 9.17) is 0 Å². The Labute approximate surface area is 180 Å². The first kappa shape index (κ1) is 17.4. The number of aryl methyl sites for hydroxylation is 2. The van der Waals surface area contributed by atoms with Crippen LogP contribution >= 0.6 is 0 Å². The van der Waals surface area contributed by atoms with Crippen LogP contribution in [0.1, 0.15) is 59.3 Å². The fraction of sp³-hybridized carbons (Fsp3) is 0.308. The van der Waals surface area contributed by atoms with Crippen molar-refractivity contribution in [3.05, 3.63) is 69.9 Å². The number of anilines is 1. The normalized spacial score (nSPS) is 25.5. The number of carbonyl (C=O) groups excluding carboxylic acids is 2. The Bertz CT molecular complexity index is 1410. The van der Waals surface area contributed by atoms with E-state index in [1.807, 2.05) is 0 Å². The average molecular weight is 409 g/mol. The quantitative estimate of drug-likeness (QED) is 0.564. The highest BCUT2D eigenvalue weighted by molar-refractivity contribution is 6.39. The largest absolute Gasteiger partial charge is 0.362 e. The molecule has 3 aliphatic heterocycles. The smallest absolute Gasteiger partial charge is 0.259 e. The molecule has 2 amide bonds. The molecule has 0 saturated heterocycles. The molecule has 3 unspecified atom stereocenters. The Kier molecular flexibility index (Phi) is 3.06. The molecule has 2 aromatic carbocycles. The minimum atomic E-state index is -0.250. The van der Waals surface area contributed by atoms with E-state index in [2.05, 4.69) is 72.0 Å². The second-order valence-electron chi connectivity index (χ2n) is 9.54. The third-order valence-corrected chi connectivity index (χ3v) is 7.71. The molecular formula is C26H23N3O2. The summed E-state index contributed by atoms with van der Waals surface area (Å²) >= 11 is 0. The van der Waals surface area contributed by atoms with Crippen LogP contribution in [0.2, 0.25) is 0 Å². The number of nitrogens with zero attached hydrogens (tertiary/aromatic N) is 2. The number of benzene rings is 2. The molecule has 0 radical (unpaired) electrons. The molecule has 7 rings (SSSR count). The van der Waals surface area contributed by atoms with Gasteiger partial charge in [0.1, 0.15) is 0 Å². The summed E-state index contributed by atoms with van der Waals surface area (Å²) in [4.78, 5) is 28.8. The minimum Gasteiger partial charge on any atom is -0.362 e. The SMILES string of the molecule is Cc1ccc2c(c1)C1C3=C(C(=O)NC3=O)c3c4n(c5ccc(C)cc35)C(C)CCN2C41. The number of nitrogens with one attached hydrogen (secondary N) is 1. The topological polar surface area (TPSA) is 54.3 Å². The van der Waals surface area contributed by atoms with Gasteiger partial charge in [-0.2, -0.15) is 0 Å². The zero-order valence-corrected chi connectivity index (χ0v) is 17.8. The number of aromatic nitrogens is 1. The summed E-state index contributed by atoms with van der Waals surface area (Å²) in [6, 6.07) is 13.4. The van der Waals surface area contributed by atoms with Crippen LogP contribution in [0.25, 0.3) is 16.5 Å². The van der Waals surface area contributed by atoms with E-state index in [1.165, 1.54) is 22.5 Å². The van der Waals surface area contributed by atoms with E-state index in [0.717, 1.165) is 35.0 Å². The molecule has 4 heterocycles. The van der Waals surface area contributed by atoms with E-state index in [9.17, 15) is 9.59 Å². The highest BCUT2D eigenvalue weighted by Gasteiger charge is 2.54. The van der Waals surface area contributed by atoms with Gasteiger partial charge in [-0.25, -0.2) is 0 Å². The van der Waals surface area contributed by atoms with Crippen molar-refractivity contribution in [2.24, 2.45) is 0 Å². The molecule has 3 aromatic rings. The number of rotatable bonds is 0. The minimum absolute atomic E-state index is 0.0415. The summed E-state index contributed by atoms with van der Waals surface area (Å²) in [7, 11) is 0. The van der Waals surface area contributed by atoms with Crippen LogP contribution in [0.15, 0.2) is 42.0 Å². The van der Waals surface area contributed by atoms with Crippen LogP contribution < -0.4 is 10.2 Å². The summed E-state index contributed by atoms with van der Waals surface area (Å²) in [5.74, 6) is -0.589. The van der Waals surface area contributed by atoms with Crippen molar-refractivity contribution >= 4 is 34.0 Å². The molecular weight excluding hydrogens is 386 g/mol. The second kappa shape index (κ2) is 5.47. The number of amides is 2. The third-order valence-electron chi connectivity index (χ3n) is 7.71. The standard InChI is InChI=1S/C26H23N3O2/c1-12-4-6-17-15(10-12)19-21-22(26(31)27-25(21)30)20-16-11-13(2)5-7-18(16)29-14(3)8-9-28(17)23(19)24(20)29/h4-7,10-11,14,19,23H,8-9H2,1-3H3,(H,27,30,31). The molecule has 5 nitrogen and oxygen atoms in total. The molecule has 154 valence electrons. The van der Waals surface area contributed by atoms with Crippen LogP contribution in [-0.2, 0) is 9.59 Å². The molecule has 1 aliphatic carbocycles. The molecule has 1 N–H and O–H groups in total. The molecule has 1 aromatic heterocycles. The predicted molar refractivity (Wildman–Crippen MR) is 120 cm³/mol. The average Bonchev–Trinajstić information content (AvgIpc) is 3.29. The van der Waals surface area contributed by atoms with Gasteiger partial charge in [-0.3, -0.25) is 14.9 Å². The summed E-state index contributed by atoms with van der Waals surface area (Å²) in [5, 5.41) is 3.72. The predicted octanol–water partition coefficient (Wildman–Crippen LogP) is 4.29. The fourth-order valence-electron chi connectivity index (χ4n) is 6.51. The number of hydrogen-bond donors (Lipinski definition) is 1. The van der Waals surface area contributed by atoms with Gasteiger partial charge in [0.15, 0.2) is 0 Å². The van der Waals surface area contributed by atoms with Crippen molar-refractivity contribution in [2.75, 3.05) is 11.4 Å². The van der Waals surface area contributed by atoms with E-state index in [1.54, 1.807) is 0 Å². The number of imide groups is 1. The maximum absolute atomic E-state index is 13.1. The first-order valence-corrected chi connectivity index (χ1v) is 11.1. The zero-order valence-electron chi connectivity index (χ0n) is 17.8. The highest BCUT2D eigenvalue weighted by Crippen LogP contribution is 2.61. The Morgan fingerprint density at radius 3 is 2.61 bits per heavy atom. The van der Waals surface area contributed by atoms with E-state index < -0.39 is 0 Å². The van der Waals surface area contributed by atoms with Gasteiger partial charge < -0.3 is 9.47 Å². The van der Waals surface area contributed by atoms with Gasteiger partial charge in [-0.05, 0) is 51.0 Å². The first-order chi connectivity index (χ1) is 15.0. The van der Waals surface area contributed by atoms with Crippen LogP contribution in [0.3, 0.4) is 0 Å². The monoisotopic (exact) mass is 409 g/mol. The van der Waals surface area contributed by atoms with Crippen molar-refractivity contribution < 1.29 is 9.59 Å². The molecule has 4 aliphatic rings. The number of hydrogen-bond acceptors (Lipinski definition) is 3. The molecule has 0 spiro atoms. The van der Waals surface area contributed by atoms with Gasteiger partial charge in [0.2, 0.25) is 0 Å². The van der Waals surface area contributed by atoms with Crippen LogP contribution in [0, 0.1) is 13.8 Å². The lowest BCUT2D eigenvalue weighted by atomic mass is 9.76. The summed E-state index contributed by atoms with van der Waals surface area (Å²) < 4.78 is 2.46. The van der Waals surface area contributed by atoms with Gasteiger partial charge in [0.25, 0.3) is 11.8 Å². The fourth-order valence-corrected chi connectivity index (χ4v) is 6.51. The molecule has 0 saturated carbocycles. The highest BCUT2D eigenvalue weighted by atomic mass is 16.2. The van der Waals surface area contributed by atoms with Gasteiger partial charge in [-0.15, -0.1) is 0 Å². The van der Waals surface area contributed by atoms with Crippen molar-refractivity contribution in [3.63, 3.8) is 0 Å². The summed E-state index contributed by atoms with van der Waals surface area (Å²) in [6.07, 6.45) is 1.02. The lowest BCUT2D eigenvalue weighted by Gasteiger charge is -2.33. The van der Waals surface area contributed by atoms with Gasteiger partial charge in [0.05, 0.1) is 17.3 Å². The van der Waals surface area contributed by atoms with Crippen LogP contribution in [-0.4, -0.2) is 22.9 Å². The molecule has 0 bridgehead atoms. The second-order valence-corrected chi connectivity index (χ2v) is 9.54. The summed E-state index contributed by atoms with van der Waals surface area (Å²) in [6.45, 7) is 7.39. The van der Waals surface area contributed by atoms with Crippen LogP contribution in [0.5, 0.6) is 0 Å². The molecule has 3 atom stereocenters. The number of carbonyl (C=O) groups is 2. The van der Waals surface area contributed by atoms with E-state index >= 15 is 0 Å². The molecule has 31 heavy (non-hydrogen) atoms. The van der Waals surface area contributed by atoms with Crippen LogP contribution in [0.4, 0.5) is 5.69 Å². The van der Waals surface area contributed by atoms with E-state index in [-0.39, 0.29) is 23.8 Å². The van der Waals surface area contributed by atoms with Gasteiger partial charge in [0, 0.05) is 46.2 Å². The zero-order chi connectivity index (χ0) is 21.2. The lowest BCUT2D eigenvalue weighted by molar-refractivity contribution is -0.123. The maximum Gasteiger partial charge on any atom is 0.259 e. The Morgan fingerprint density at radius 2 is 1.77 bits per heavy atom. The van der Waals surface area contributed by atoms with Crippen molar-refractivity contribution in [2.45, 2.75) is 45.2 Å². The molecule has 0 fully saturated rings. The Morgan fingerprint density at radius 1 is 1.00 bits per heavy atom. The van der Waals surface area contributed by atoms with Crippen molar-refractivity contribution in [3.8, 4) is 0 Å². The first-order valence-electron chi connectivity index (χ1n) is 11.1. The van der Waals surface area contributed by atoms with E-state index in [0.29, 0.717) is 17.2 Å². The third kappa shape index (κ3) is 1.93. The van der Waals surface area contributed by atoms with Gasteiger partial charge >= 0.3 is 0 Å². The Hall–Kier alpha value is -3.34. The van der Waals surface area contributed by atoms with Crippen molar-refractivity contribution in [1.82, 2.24) is 9.88 Å². The van der Waals surface area contributed by atoms with Gasteiger partial charge in [-0.1, -0.05) is 29.3 Å². The summed E-state index contributed by atoms with van der Waals surface area (Å²) in [5.41, 5.74) is 9.31. The lowest BCUT2D eigenvalue weighted by Crippen LogP contribution is -2.31. The molecule has 5 heteroatoms.